The number of hydrogen-bond acceptors (Lipinski definition) is 4. The average Bonchev–Trinajstić information content (AvgIpc) is 2.75. The van der Waals surface area contributed by atoms with Gasteiger partial charge in [0.05, 0.1) is 17.7 Å². The molecule has 1 unspecified atom stereocenters. The standard InChI is InChI=1S/C24H25ClFNO3/c1-2-29-24-13-17(14-27-15-22(28)18-7-4-3-5-8-18)11-12-23(24)30-16-19-20(25)9-6-10-21(19)26/h3-13,22,27-28H,2,14-16H2,1H3. The van der Waals surface area contributed by atoms with Crippen molar-refractivity contribution in [1.82, 2.24) is 5.32 Å². The van der Waals surface area contributed by atoms with Crippen LogP contribution in [0.2, 0.25) is 5.02 Å². The van der Waals surface area contributed by atoms with Crippen LogP contribution < -0.4 is 14.8 Å². The highest BCUT2D eigenvalue weighted by Crippen LogP contribution is 2.30. The molecule has 3 aromatic carbocycles. The molecule has 0 amide bonds. The van der Waals surface area contributed by atoms with Crippen molar-refractivity contribution in [3.63, 3.8) is 0 Å². The van der Waals surface area contributed by atoms with Crippen molar-refractivity contribution in [2.75, 3.05) is 13.2 Å². The molecular formula is C24H25ClFNO3. The molecular weight excluding hydrogens is 405 g/mol. The summed E-state index contributed by atoms with van der Waals surface area (Å²) in [6.07, 6.45) is -0.578. The molecule has 0 aromatic heterocycles. The number of halogens is 2. The number of benzene rings is 3. The topological polar surface area (TPSA) is 50.7 Å². The zero-order chi connectivity index (χ0) is 21.3. The first-order chi connectivity index (χ1) is 14.6. The molecule has 3 rings (SSSR count). The van der Waals surface area contributed by atoms with Crippen LogP contribution >= 0.6 is 11.6 Å². The molecule has 0 aliphatic rings. The molecule has 6 heteroatoms. The summed E-state index contributed by atoms with van der Waals surface area (Å²) in [4.78, 5) is 0. The van der Waals surface area contributed by atoms with E-state index in [0.717, 1.165) is 11.1 Å². The third-order valence-electron chi connectivity index (χ3n) is 4.59. The molecule has 0 saturated heterocycles. The maximum atomic E-state index is 14.0. The van der Waals surface area contributed by atoms with Crippen LogP contribution in [-0.4, -0.2) is 18.3 Å². The second kappa shape index (κ2) is 11.0. The van der Waals surface area contributed by atoms with Crippen molar-refractivity contribution >= 4 is 11.6 Å². The minimum atomic E-state index is -0.578. The number of nitrogens with one attached hydrogen (secondary N) is 1. The van der Waals surface area contributed by atoms with Crippen LogP contribution in [0.25, 0.3) is 0 Å². The third-order valence-corrected chi connectivity index (χ3v) is 4.95. The van der Waals surface area contributed by atoms with Crippen LogP contribution in [0, 0.1) is 5.82 Å². The molecule has 0 aliphatic heterocycles. The van der Waals surface area contributed by atoms with Gasteiger partial charge in [-0.05, 0) is 42.3 Å². The molecule has 0 heterocycles. The van der Waals surface area contributed by atoms with Crippen molar-refractivity contribution < 1.29 is 19.0 Å². The molecule has 30 heavy (non-hydrogen) atoms. The van der Waals surface area contributed by atoms with E-state index in [2.05, 4.69) is 5.32 Å². The van der Waals surface area contributed by atoms with E-state index in [4.69, 9.17) is 21.1 Å². The Labute approximate surface area is 181 Å². The SMILES string of the molecule is CCOc1cc(CNCC(O)c2ccccc2)ccc1OCc1c(F)cccc1Cl. The van der Waals surface area contributed by atoms with E-state index in [1.54, 1.807) is 18.2 Å². The zero-order valence-electron chi connectivity index (χ0n) is 16.8. The van der Waals surface area contributed by atoms with Crippen molar-refractivity contribution in [3.05, 3.63) is 94.3 Å². The highest BCUT2D eigenvalue weighted by molar-refractivity contribution is 6.31. The van der Waals surface area contributed by atoms with Gasteiger partial charge in [0.15, 0.2) is 11.5 Å². The Morgan fingerprint density at radius 3 is 2.53 bits per heavy atom. The summed E-state index contributed by atoms with van der Waals surface area (Å²) in [5.74, 6) is 0.690. The maximum Gasteiger partial charge on any atom is 0.161 e. The van der Waals surface area contributed by atoms with Crippen molar-refractivity contribution in [2.45, 2.75) is 26.2 Å². The normalized spacial score (nSPS) is 11.9. The Morgan fingerprint density at radius 1 is 1.00 bits per heavy atom. The molecule has 158 valence electrons. The smallest absolute Gasteiger partial charge is 0.161 e. The maximum absolute atomic E-state index is 14.0. The Hall–Kier alpha value is -2.60. The number of aliphatic hydroxyl groups excluding tert-OH is 1. The van der Waals surface area contributed by atoms with Gasteiger partial charge in [-0.15, -0.1) is 0 Å². The van der Waals surface area contributed by atoms with Gasteiger partial charge in [-0.3, -0.25) is 0 Å². The van der Waals surface area contributed by atoms with E-state index >= 15 is 0 Å². The second-order valence-corrected chi connectivity index (χ2v) is 7.17. The van der Waals surface area contributed by atoms with Crippen LogP contribution in [0.4, 0.5) is 4.39 Å². The predicted molar refractivity (Wildman–Crippen MR) is 116 cm³/mol. The number of aliphatic hydroxyl groups is 1. The Balaban J connectivity index is 1.61. The van der Waals surface area contributed by atoms with E-state index in [9.17, 15) is 9.50 Å². The summed E-state index contributed by atoms with van der Waals surface area (Å²) in [5.41, 5.74) is 2.16. The van der Waals surface area contributed by atoms with Crippen molar-refractivity contribution in [3.8, 4) is 11.5 Å². The fourth-order valence-corrected chi connectivity index (χ4v) is 3.23. The van der Waals surface area contributed by atoms with Gasteiger partial charge >= 0.3 is 0 Å². The molecule has 0 spiro atoms. The monoisotopic (exact) mass is 429 g/mol. The second-order valence-electron chi connectivity index (χ2n) is 6.76. The quantitative estimate of drug-likeness (QED) is 0.460. The van der Waals surface area contributed by atoms with Crippen LogP contribution in [0.1, 0.15) is 29.7 Å². The minimum absolute atomic E-state index is 0.00639. The first kappa shape index (κ1) is 22.1. The van der Waals surface area contributed by atoms with Gasteiger partial charge in [-0.2, -0.15) is 0 Å². The first-order valence-corrected chi connectivity index (χ1v) is 10.2. The molecule has 2 N–H and O–H groups in total. The minimum Gasteiger partial charge on any atom is -0.490 e. The summed E-state index contributed by atoms with van der Waals surface area (Å²) >= 11 is 6.07. The van der Waals surface area contributed by atoms with Gasteiger partial charge in [-0.1, -0.05) is 54.1 Å². The van der Waals surface area contributed by atoms with Gasteiger partial charge in [0.2, 0.25) is 0 Å². The molecule has 0 saturated carbocycles. The van der Waals surface area contributed by atoms with Gasteiger partial charge in [-0.25, -0.2) is 4.39 Å². The lowest BCUT2D eigenvalue weighted by atomic mass is 10.1. The van der Waals surface area contributed by atoms with E-state index in [1.807, 2.05) is 49.4 Å². The lowest BCUT2D eigenvalue weighted by Crippen LogP contribution is -2.21. The van der Waals surface area contributed by atoms with Crippen molar-refractivity contribution in [1.29, 1.82) is 0 Å². The summed E-state index contributed by atoms with van der Waals surface area (Å²) in [5, 5.41) is 13.8. The lowest BCUT2D eigenvalue weighted by Gasteiger charge is -2.15. The lowest BCUT2D eigenvalue weighted by molar-refractivity contribution is 0.174. The molecule has 0 radical (unpaired) electrons. The first-order valence-electron chi connectivity index (χ1n) is 9.83. The largest absolute Gasteiger partial charge is 0.490 e. The number of ether oxygens (including phenoxy) is 2. The van der Waals surface area contributed by atoms with E-state index in [0.29, 0.717) is 41.8 Å². The van der Waals surface area contributed by atoms with E-state index < -0.39 is 11.9 Å². The van der Waals surface area contributed by atoms with Gasteiger partial charge < -0.3 is 19.9 Å². The molecule has 0 fully saturated rings. The van der Waals surface area contributed by atoms with Crippen LogP contribution in [0.15, 0.2) is 66.7 Å². The highest BCUT2D eigenvalue weighted by atomic mass is 35.5. The molecule has 0 aliphatic carbocycles. The van der Waals surface area contributed by atoms with E-state index in [-0.39, 0.29) is 6.61 Å². The summed E-state index contributed by atoms with van der Waals surface area (Å²) < 4.78 is 25.4. The number of hydrogen-bond donors (Lipinski definition) is 2. The third kappa shape index (κ3) is 5.95. The van der Waals surface area contributed by atoms with Gasteiger partial charge in [0.1, 0.15) is 12.4 Å². The summed E-state index contributed by atoms with van der Waals surface area (Å²) in [6.45, 7) is 3.35. The van der Waals surface area contributed by atoms with E-state index in [1.165, 1.54) is 6.07 Å². The fourth-order valence-electron chi connectivity index (χ4n) is 3.02. The summed E-state index contributed by atoms with van der Waals surface area (Å²) in [6, 6.07) is 19.6. The van der Waals surface area contributed by atoms with Crippen LogP contribution in [-0.2, 0) is 13.2 Å². The van der Waals surface area contributed by atoms with Gasteiger partial charge in [0, 0.05) is 18.7 Å². The molecule has 4 nitrogen and oxygen atoms in total. The summed E-state index contributed by atoms with van der Waals surface area (Å²) in [7, 11) is 0. The Kier molecular flexibility index (Phi) is 8.08. The highest BCUT2D eigenvalue weighted by Gasteiger charge is 2.12. The zero-order valence-corrected chi connectivity index (χ0v) is 17.5. The van der Waals surface area contributed by atoms with Crippen molar-refractivity contribution in [2.24, 2.45) is 0 Å². The van der Waals surface area contributed by atoms with Crippen LogP contribution in [0.3, 0.4) is 0 Å². The Morgan fingerprint density at radius 2 is 1.80 bits per heavy atom. The average molecular weight is 430 g/mol. The van der Waals surface area contributed by atoms with Crippen LogP contribution in [0.5, 0.6) is 11.5 Å². The molecule has 1 atom stereocenters. The Bertz CT molecular complexity index is 932. The predicted octanol–water partition coefficient (Wildman–Crippen LogP) is 5.28. The number of rotatable bonds is 10. The molecule has 3 aromatic rings. The van der Waals surface area contributed by atoms with Gasteiger partial charge in [0.25, 0.3) is 0 Å². The molecule has 0 bridgehead atoms. The fraction of sp³-hybridized carbons (Fsp3) is 0.250.